The van der Waals surface area contributed by atoms with Crippen LogP contribution in [0, 0.1) is 0 Å². The van der Waals surface area contributed by atoms with Gasteiger partial charge >= 0.3 is 0 Å². The monoisotopic (exact) mass is 366 g/mol. The SMILES string of the molecule is CS(=O)(=O)c1ccc([C@]2(O)Cc3cccc[n+]3[C@H]2c2ccccc2)cc1. The molecule has 5 heteroatoms. The lowest BCUT2D eigenvalue weighted by Gasteiger charge is -2.26. The van der Waals surface area contributed by atoms with E-state index in [9.17, 15) is 13.5 Å². The molecule has 2 heterocycles. The van der Waals surface area contributed by atoms with Crippen molar-refractivity contribution in [3.05, 3.63) is 95.8 Å². The van der Waals surface area contributed by atoms with Crippen LogP contribution in [-0.2, 0) is 21.9 Å². The first-order valence-electron chi connectivity index (χ1n) is 8.46. The van der Waals surface area contributed by atoms with Crippen LogP contribution in [0.3, 0.4) is 0 Å². The molecule has 0 aliphatic carbocycles. The lowest BCUT2D eigenvalue weighted by Crippen LogP contribution is -2.46. The number of aliphatic hydroxyl groups is 1. The summed E-state index contributed by atoms with van der Waals surface area (Å²) in [5.74, 6) is 0. The molecule has 1 N–H and O–H groups in total. The van der Waals surface area contributed by atoms with Gasteiger partial charge in [-0.25, -0.2) is 8.42 Å². The molecule has 2 atom stereocenters. The summed E-state index contributed by atoms with van der Waals surface area (Å²) in [5.41, 5.74) is 1.61. The highest BCUT2D eigenvalue weighted by molar-refractivity contribution is 7.90. The molecule has 0 radical (unpaired) electrons. The normalized spacial score (nSPS) is 22.2. The number of hydrogen-bond donors (Lipinski definition) is 1. The highest BCUT2D eigenvalue weighted by atomic mass is 32.2. The van der Waals surface area contributed by atoms with E-state index in [0.717, 1.165) is 11.3 Å². The second kappa shape index (κ2) is 6.04. The number of benzene rings is 2. The average Bonchev–Trinajstić information content (AvgIpc) is 2.95. The van der Waals surface area contributed by atoms with Crippen molar-refractivity contribution < 1.29 is 18.1 Å². The van der Waals surface area contributed by atoms with Crippen LogP contribution in [0.4, 0.5) is 0 Å². The maximum atomic E-state index is 11.7. The maximum Gasteiger partial charge on any atom is 0.216 e. The summed E-state index contributed by atoms with van der Waals surface area (Å²) in [4.78, 5) is 0.254. The third-order valence-electron chi connectivity index (χ3n) is 5.06. The van der Waals surface area contributed by atoms with Gasteiger partial charge in [0.1, 0.15) is 0 Å². The minimum atomic E-state index is -3.27. The van der Waals surface area contributed by atoms with E-state index in [0.29, 0.717) is 12.0 Å². The summed E-state index contributed by atoms with van der Waals surface area (Å²) >= 11 is 0. The summed E-state index contributed by atoms with van der Waals surface area (Å²) in [6.07, 6.45) is 3.63. The van der Waals surface area contributed by atoms with Crippen LogP contribution < -0.4 is 4.57 Å². The van der Waals surface area contributed by atoms with Gasteiger partial charge < -0.3 is 5.11 Å². The summed E-state index contributed by atoms with van der Waals surface area (Å²) in [6.45, 7) is 0. The van der Waals surface area contributed by atoms with Crippen LogP contribution in [0.15, 0.2) is 83.9 Å². The van der Waals surface area contributed by atoms with Crippen molar-refractivity contribution in [2.75, 3.05) is 6.26 Å². The van der Waals surface area contributed by atoms with Crippen LogP contribution in [0.25, 0.3) is 0 Å². The van der Waals surface area contributed by atoms with Crippen LogP contribution in [0.1, 0.15) is 22.9 Å². The molecule has 1 aliphatic heterocycles. The predicted molar refractivity (Wildman–Crippen MR) is 98.4 cm³/mol. The van der Waals surface area contributed by atoms with Gasteiger partial charge in [0, 0.05) is 24.0 Å². The number of nitrogens with zero attached hydrogens (tertiary/aromatic N) is 1. The third kappa shape index (κ3) is 2.73. The van der Waals surface area contributed by atoms with Crippen LogP contribution >= 0.6 is 0 Å². The van der Waals surface area contributed by atoms with E-state index in [1.807, 2.05) is 54.7 Å². The van der Waals surface area contributed by atoms with E-state index in [2.05, 4.69) is 4.57 Å². The summed E-state index contributed by atoms with van der Waals surface area (Å²) < 4.78 is 25.6. The van der Waals surface area contributed by atoms with Gasteiger partial charge in [0.05, 0.1) is 11.3 Å². The molecule has 0 saturated heterocycles. The molecule has 0 spiro atoms. The fraction of sp³-hybridized carbons (Fsp3) is 0.190. The largest absolute Gasteiger partial charge is 0.377 e. The molecular weight excluding hydrogens is 346 g/mol. The zero-order valence-corrected chi connectivity index (χ0v) is 15.2. The fourth-order valence-electron chi connectivity index (χ4n) is 3.82. The van der Waals surface area contributed by atoms with Crippen molar-refractivity contribution in [3.63, 3.8) is 0 Å². The first kappa shape index (κ1) is 16.9. The van der Waals surface area contributed by atoms with Crippen molar-refractivity contribution in [1.82, 2.24) is 0 Å². The molecule has 26 heavy (non-hydrogen) atoms. The Hall–Kier alpha value is -2.50. The molecule has 132 valence electrons. The molecule has 1 aromatic heterocycles. The second-order valence-electron chi connectivity index (χ2n) is 6.81. The third-order valence-corrected chi connectivity index (χ3v) is 6.19. The van der Waals surface area contributed by atoms with Crippen molar-refractivity contribution in [3.8, 4) is 0 Å². The van der Waals surface area contributed by atoms with Gasteiger partial charge in [-0.3, -0.25) is 0 Å². The first-order valence-corrected chi connectivity index (χ1v) is 10.4. The Balaban J connectivity index is 1.86. The molecule has 4 nitrogen and oxygen atoms in total. The van der Waals surface area contributed by atoms with Crippen LogP contribution in [-0.4, -0.2) is 19.8 Å². The van der Waals surface area contributed by atoms with E-state index < -0.39 is 15.4 Å². The molecule has 2 aromatic carbocycles. The highest BCUT2D eigenvalue weighted by Crippen LogP contribution is 2.41. The molecule has 3 aromatic rings. The smallest absolute Gasteiger partial charge is 0.216 e. The van der Waals surface area contributed by atoms with Gasteiger partial charge in [-0.05, 0) is 17.7 Å². The van der Waals surface area contributed by atoms with Crippen molar-refractivity contribution in [1.29, 1.82) is 0 Å². The van der Waals surface area contributed by atoms with Gasteiger partial charge in [-0.15, -0.1) is 0 Å². The molecule has 0 saturated carbocycles. The molecule has 0 fully saturated rings. The van der Waals surface area contributed by atoms with Gasteiger partial charge in [-0.2, -0.15) is 4.57 Å². The average molecular weight is 366 g/mol. The van der Waals surface area contributed by atoms with E-state index in [1.54, 1.807) is 24.3 Å². The maximum absolute atomic E-state index is 11.7. The number of sulfone groups is 1. The minimum Gasteiger partial charge on any atom is -0.377 e. The number of aromatic nitrogens is 1. The van der Waals surface area contributed by atoms with Crippen molar-refractivity contribution in [2.24, 2.45) is 0 Å². The number of pyridine rings is 1. The van der Waals surface area contributed by atoms with Gasteiger partial charge in [0.25, 0.3) is 0 Å². The zero-order chi connectivity index (χ0) is 18.4. The minimum absolute atomic E-state index is 0.254. The zero-order valence-electron chi connectivity index (χ0n) is 14.4. The summed E-state index contributed by atoms with van der Waals surface area (Å²) in [6, 6.07) is 22.1. The van der Waals surface area contributed by atoms with E-state index >= 15 is 0 Å². The lowest BCUT2D eigenvalue weighted by atomic mass is 9.82. The van der Waals surface area contributed by atoms with Gasteiger partial charge in [0.15, 0.2) is 27.3 Å². The van der Waals surface area contributed by atoms with Crippen LogP contribution in [0.5, 0.6) is 0 Å². The Bertz CT molecular complexity index is 1050. The Morgan fingerprint density at radius 3 is 2.27 bits per heavy atom. The number of hydrogen-bond acceptors (Lipinski definition) is 3. The molecule has 0 bridgehead atoms. The van der Waals surface area contributed by atoms with Crippen molar-refractivity contribution >= 4 is 9.84 Å². The fourth-order valence-corrected chi connectivity index (χ4v) is 4.45. The molecule has 0 amide bonds. The summed E-state index contributed by atoms with van der Waals surface area (Å²) in [5, 5.41) is 11.7. The highest BCUT2D eigenvalue weighted by Gasteiger charge is 2.53. The molecular formula is C21H20NO3S+. The predicted octanol–water partition coefficient (Wildman–Crippen LogP) is 2.41. The van der Waals surface area contributed by atoms with Crippen molar-refractivity contribution in [2.45, 2.75) is 23.0 Å². The van der Waals surface area contributed by atoms with Crippen LogP contribution in [0.2, 0.25) is 0 Å². The molecule has 0 unspecified atom stereocenters. The van der Waals surface area contributed by atoms with Gasteiger partial charge in [-0.1, -0.05) is 48.5 Å². The number of rotatable bonds is 3. The molecule has 1 aliphatic rings. The Morgan fingerprint density at radius 1 is 0.962 bits per heavy atom. The first-order chi connectivity index (χ1) is 12.4. The summed E-state index contributed by atoms with van der Waals surface area (Å²) in [7, 11) is -3.27. The Labute approximate surface area is 153 Å². The van der Waals surface area contributed by atoms with Gasteiger partial charge in [0.2, 0.25) is 6.04 Å². The standard InChI is InChI=1S/C21H20NO3S/c1-26(24,25)19-12-10-17(11-13-19)21(23)15-18-9-5-6-14-22(18)20(21)16-7-3-2-4-8-16/h2-14,20,23H,15H2,1H3/q+1/t20-,21+/m0/s1. The topological polar surface area (TPSA) is 58.3 Å². The number of fused-ring (bicyclic) bond motifs is 1. The Kier molecular flexibility index (Phi) is 3.93. The van der Waals surface area contributed by atoms with E-state index in [1.165, 1.54) is 6.26 Å². The van der Waals surface area contributed by atoms with E-state index in [-0.39, 0.29) is 10.9 Å². The second-order valence-corrected chi connectivity index (χ2v) is 8.83. The lowest BCUT2D eigenvalue weighted by molar-refractivity contribution is -0.717. The quantitative estimate of drug-likeness (QED) is 0.724. The van der Waals surface area contributed by atoms with E-state index in [4.69, 9.17) is 0 Å². The Morgan fingerprint density at radius 2 is 1.62 bits per heavy atom. The molecule has 4 rings (SSSR count).